The highest BCUT2D eigenvalue weighted by Gasteiger charge is 2.48. The summed E-state index contributed by atoms with van der Waals surface area (Å²) in [5.74, 6) is -0.482. The van der Waals surface area contributed by atoms with E-state index in [4.69, 9.17) is 9.47 Å². The largest absolute Gasteiger partial charge is 0.456 e. The fourth-order valence-corrected chi connectivity index (χ4v) is 3.80. The van der Waals surface area contributed by atoms with Gasteiger partial charge in [0.05, 0.1) is 12.9 Å². The summed E-state index contributed by atoms with van der Waals surface area (Å²) >= 11 is 0. The van der Waals surface area contributed by atoms with E-state index >= 15 is 4.39 Å². The van der Waals surface area contributed by atoms with Gasteiger partial charge in [-0.25, -0.2) is 19.3 Å². The Labute approximate surface area is 191 Å². The topological polar surface area (TPSA) is 128 Å². The number of aliphatic hydroxyl groups excluding tert-OH is 1. The van der Waals surface area contributed by atoms with Gasteiger partial charge < -0.3 is 19.9 Å². The third-order valence-corrected chi connectivity index (χ3v) is 5.60. The Kier molecular flexibility index (Phi) is 9.07. The van der Waals surface area contributed by atoms with Crippen LogP contribution in [0.4, 0.5) is 10.2 Å². The summed E-state index contributed by atoms with van der Waals surface area (Å²) in [5, 5.41) is 12.4. The number of rotatable bonds is 12. The number of fused-ring (bicyclic) bond motifs is 1. The molecule has 182 valence electrons. The van der Waals surface area contributed by atoms with E-state index in [1.165, 1.54) is 17.2 Å². The first-order valence-corrected chi connectivity index (χ1v) is 11.6. The summed E-state index contributed by atoms with van der Waals surface area (Å²) in [5.41, 5.74) is 0.547. The van der Waals surface area contributed by atoms with Gasteiger partial charge in [-0.1, -0.05) is 39.5 Å². The van der Waals surface area contributed by atoms with E-state index in [-0.39, 0.29) is 29.3 Å². The molecule has 1 fully saturated rings. The predicted molar refractivity (Wildman–Crippen MR) is 118 cm³/mol. The van der Waals surface area contributed by atoms with Gasteiger partial charge in [0, 0.05) is 12.8 Å². The molecule has 0 unspecified atom stereocenters. The number of unbranched alkanes of at least 4 members (excludes halogenated alkanes) is 4. The number of aromatic nitrogens is 4. The number of hydrogen-bond acceptors (Lipinski definition) is 8. The summed E-state index contributed by atoms with van der Waals surface area (Å²) < 4.78 is 27.7. The van der Waals surface area contributed by atoms with Crippen LogP contribution in [0, 0.1) is 0 Å². The maximum Gasteiger partial charge on any atom is 0.306 e. The number of alkyl halides is 1. The zero-order valence-corrected chi connectivity index (χ0v) is 19.1. The van der Waals surface area contributed by atoms with Gasteiger partial charge in [0.25, 0.3) is 0 Å². The molecule has 0 aromatic carbocycles. The van der Waals surface area contributed by atoms with Crippen LogP contribution in [0.2, 0.25) is 0 Å². The molecular formula is C22H32FN5O5. The van der Waals surface area contributed by atoms with Crippen molar-refractivity contribution < 1.29 is 28.6 Å². The van der Waals surface area contributed by atoms with Crippen LogP contribution < -0.4 is 5.32 Å². The van der Waals surface area contributed by atoms with E-state index in [2.05, 4.69) is 27.2 Å². The Morgan fingerprint density at radius 1 is 1.15 bits per heavy atom. The molecule has 0 radical (unpaired) electrons. The molecule has 1 aliphatic rings. The first kappa shape index (κ1) is 25.0. The van der Waals surface area contributed by atoms with Crippen molar-refractivity contribution in [3.8, 4) is 0 Å². The summed E-state index contributed by atoms with van der Waals surface area (Å²) in [6.07, 6.45) is 3.13. The first-order valence-electron chi connectivity index (χ1n) is 11.6. The van der Waals surface area contributed by atoms with Gasteiger partial charge in [0.15, 0.2) is 35.5 Å². The number of aliphatic hydroxyl groups is 1. The highest BCUT2D eigenvalue weighted by atomic mass is 19.1. The third-order valence-electron chi connectivity index (χ3n) is 5.60. The second-order valence-corrected chi connectivity index (χ2v) is 8.16. The lowest BCUT2D eigenvalue weighted by Crippen LogP contribution is -2.35. The highest BCUT2D eigenvalue weighted by molar-refractivity contribution is 5.96. The number of carbonyl (C=O) groups is 2. The number of amides is 1. The molecule has 1 aliphatic heterocycles. The van der Waals surface area contributed by atoms with Crippen molar-refractivity contribution in [1.82, 2.24) is 19.5 Å². The van der Waals surface area contributed by atoms with Crippen LogP contribution in [-0.2, 0) is 19.1 Å². The summed E-state index contributed by atoms with van der Waals surface area (Å²) in [6, 6.07) is 0. The second-order valence-electron chi connectivity index (χ2n) is 8.16. The zero-order valence-electron chi connectivity index (χ0n) is 19.1. The smallest absolute Gasteiger partial charge is 0.306 e. The van der Waals surface area contributed by atoms with E-state index in [0.717, 1.165) is 32.1 Å². The van der Waals surface area contributed by atoms with Crippen LogP contribution >= 0.6 is 0 Å². The number of ether oxygens (including phenoxy) is 2. The lowest BCUT2D eigenvalue weighted by Gasteiger charge is -2.18. The molecule has 0 spiro atoms. The van der Waals surface area contributed by atoms with Crippen LogP contribution in [0.1, 0.15) is 71.4 Å². The lowest BCUT2D eigenvalue weighted by atomic mass is 10.1. The molecule has 1 amide bonds. The number of nitrogens with one attached hydrogen (secondary N) is 1. The van der Waals surface area contributed by atoms with E-state index < -0.39 is 37.2 Å². The maximum atomic E-state index is 15.3. The Hall–Kier alpha value is -2.66. The predicted octanol–water partition coefficient (Wildman–Crippen LogP) is 3.07. The van der Waals surface area contributed by atoms with E-state index in [1.54, 1.807) is 0 Å². The molecular weight excluding hydrogens is 433 g/mol. The number of esters is 1. The molecule has 0 aliphatic carbocycles. The summed E-state index contributed by atoms with van der Waals surface area (Å²) in [4.78, 5) is 36.8. The van der Waals surface area contributed by atoms with Crippen molar-refractivity contribution in [3.05, 3.63) is 12.7 Å². The standard InChI is InChI=1S/C22H32FN5O5/c1-3-5-7-9-15(30)27-20-18-21(25-12-24-20)28(13-26-18)22-17(23)19(14(11-29)32-22)33-16(31)10-8-6-4-2/h12-14,17,19,22,29H,3-11H2,1-2H3,(H,24,25,27,30)/t14-,17+,19-,22-/m1/s1. The quantitative estimate of drug-likeness (QED) is 0.361. The molecule has 0 saturated carbocycles. The molecule has 2 aromatic rings. The number of anilines is 1. The van der Waals surface area contributed by atoms with Crippen molar-refractivity contribution in [2.45, 2.75) is 89.8 Å². The summed E-state index contributed by atoms with van der Waals surface area (Å²) in [6.45, 7) is 3.56. The van der Waals surface area contributed by atoms with Crippen molar-refractivity contribution in [2.75, 3.05) is 11.9 Å². The van der Waals surface area contributed by atoms with Gasteiger partial charge in [-0.05, 0) is 12.8 Å². The van der Waals surface area contributed by atoms with Crippen molar-refractivity contribution in [1.29, 1.82) is 0 Å². The normalized spacial score (nSPS) is 22.5. The second kappa shape index (κ2) is 12.0. The Morgan fingerprint density at radius 2 is 1.88 bits per heavy atom. The Morgan fingerprint density at radius 3 is 2.58 bits per heavy atom. The third kappa shape index (κ3) is 6.02. The van der Waals surface area contributed by atoms with Crippen LogP contribution in [0.5, 0.6) is 0 Å². The molecule has 3 heterocycles. The number of nitrogens with zero attached hydrogens (tertiary/aromatic N) is 4. The summed E-state index contributed by atoms with van der Waals surface area (Å²) in [7, 11) is 0. The van der Waals surface area contributed by atoms with Crippen molar-refractivity contribution in [2.24, 2.45) is 0 Å². The Balaban J connectivity index is 1.74. The molecule has 11 heteroatoms. The average molecular weight is 466 g/mol. The van der Waals surface area contributed by atoms with Crippen LogP contribution in [0.3, 0.4) is 0 Å². The number of imidazole rings is 1. The molecule has 4 atom stereocenters. The molecule has 2 aromatic heterocycles. The van der Waals surface area contributed by atoms with Crippen LogP contribution in [-0.4, -0.2) is 61.5 Å². The van der Waals surface area contributed by atoms with Gasteiger partial charge in [-0.2, -0.15) is 0 Å². The van der Waals surface area contributed by atoms with E-state index in [9.17, 15) is 14.7 Å². The minimum atomic E-state index is -1.74. The average Bonchev–Trinajstić information content (AvgIpc) is 3.36. The molecule has 1 saturated heterocycles. The Bertz CT molecular complexity index is 939. The van der Waals surface area contributed by atoms with Gasteiger partial charge in [0.2, 0.25) is 5.91 Å². The fourth-order valence-electron chi connectivity index (χ4n) is 3.80. The molecule has 10 nitrogen and oxygen atoms in total. The number of carbonyl (C=O) groups excluding carboxylic acids is 2. The van der Waals surface area contributed by atoms with Gasteiger partial charge in [-0.3, -0.25) is 14.2 Å². The van der Waals surface area contributed by atoms with Gasteiger partial charge in [-0.15, -0.1) is 0 Å². The molecule has 0 bridgehead atoms. The monoisotopic (exact) mass is 465 g/mol. The number of halogens is 1. The highest BCUT2D eigenvalue weighted by Crippen LogP contribution is 2.36. The lowest BCUT2D eigenvalue weighted by molar-refractivity contribution is -0.155. The molecule has 33 heavy (non-hydrogen) atoms. The van der Waals surface area contributed by atoms with Gasteiger partial charge >= 0.3 is 5.97 Å². The SMILES string of the molecule is CCCCCC(=O)Nc1ncnc2c1ncn2[C@@H]1O[C@H](CO)[C@@H](OC(=O)CCCCC)[C@@H]1F. The first-order chi connectivity index (χ1) is 16.0. The van der Waals surface area contributed by atoms with Gasteiger partial charge in [0.1, 0.15) is 12.4 Å². The van der Waals surface area contributed by atoms with E-state index in [1.807, 2.05) is 6.92 Å². The van der Waals surface area contributed by atoms with Crippen molar-refractivity contribution in [3.63, 3.8) is 0 Å². The minimum absolute atomic E-state index is 0.183. The van der Waals surface area contributed by atoms with Crippen LogP contribution in [0.25, 0.3) is 11.2 Å². The van der Waals surface area contributed by atoms with Crippen LogP contribution in [0.15, 0.2) is 12.7 Å². The number of hydrogen-bond donors (Lipinski definition) is 2. The fraction of sp³-hybridized carbons (Fsp3) is 0.682. The van der Waals surface area contributed by atoms with Crippen molar-refractivity contribution >= 4 is 28.9 Å². The minimum Gasteiger partial charge on any atom is -0.456 e. The van der Waals surface area contributed by atoms with E-state index in [0.29, 0.717) is 12.8 Å². The molecule has 2 N–H and O–H groups in total. The zero-order chi connectivity index (χ0) is 23.8. The molecule has 3 rings (SSSR count). The maximum absolute atomic E-state index is 15.3.